The molecule has 0 aliphatic carbocycles. The van der Waals surface area contributed by atoms with Gasteiger partial charge in [-0.2, -0.15) is 0 Å². The van der Waals surface area contributed by atoms with Crippen LogP contribution in [-0.4, -0.2) is 58.8 Å². The highest BCUT2D eigenvalue weighted by Crippen LogP contribution is 2.15. The lowest BCUT2D eigenvalue weighted by molar-refractivity contribution is 0.0930. The lowest BCUT2D eigenvalue weighted by Gasteiger charge is -2.31. The number of carbonyl (C=O) groups is 1. The molecule has 0 unspecified atom stereocenters. The Morgan fingerprint density at radius 1 is 1.50 bits per heavy atom. The smallest absolute Gasteiger partial charge is 0.253 e. The van der Waals surface area contributed by atoms with E-state index in [1.165, 1.54) is 18.5 Å². The fourth-order valence-corrected chi connectivity index (χ4v) is 2.48. The molecule has 6 nitrogen and oxygen atoms in total. The summed E-state index contributed by atoms with van der Waals surface area (Å²) in [6.07, 6.45) is 4.89. The topological polar surface area (TPSA) is 85.7 Å². The van der Waals surface area contributed by atoms with E-state index in [1.807, 2.05) is 0 Å². The van der Waals surface area contributed by atoms with E-state index in [4.69, 9.17) is 0 Å². The van der Waals surface area contributed by atoms with Crippen molar-refractivity contribution >= 4 is 5.91 Å². The average Bonchev–Trinajstić information content (AvgIpc) is 2.47. The van der Waals surface area contributed by atoms with Crippen molar-refractivity contribution in [2.24, 2.45) is 5.92 Å². The third kappa shape index (κ3) is 4.18. The molecule has 3 N–H and O–H groups in total. The van der Waals surface area contributed by atoms with Crippen LogP contribution in [0.5, 0.6) is 5.75 Å². The summed E-state index contributed by atoms with van der Waals surface area (Å²) in [6.45, 7) is 3.46. The molecule has 1 aliphatic rings. The maximum atomic E-state index is 11.8. The summed E-state index contributed by atoms with van der Waals surface area (Å²) in [7, 11) is 0. The zero-order chi connectivity index (χ0) is 14.4. The third-order valence-corrected chi connectivity index (χ3v) is 3.56. The molecule has 2 heterocycles. The Bertz CT molecular complexity index is 453. The molecule has 1 aliphatic heterocycles. The van der Waals surface area contributed by atoms with Crippen molar-refractivity contribution in [3.05, 3.63) is 24.0 Å². The first-order chi connectivity index (χ1) is 9.69. The van der Waals surface area contributed by atoms with Crippen LogP contribution in [0, 0.1) is 5.92 Å². The highest BCUT2D eigenvalue weighted by Gasteiger charge is 2.18. The lowest BCUT2D eigenvalue weighted by Crippen LogP contribution is -2.41. The van der Waals surface area contributed by atoms with Gasteiger partial charge in [0.05, 0.1) is 11.8 Å². The number of nitrogens with one attached hydrogen (secondary N) is 1. The van der Waals surface area contributed by atoms with Crippen molar-refractivity contribution in [2.75, 3.05) is 32.8 Å². The minimum Gasteiger partial charge on any atom is -0.506 e. The number of aromatic nitrogens is 1. The molecule has 1 atom stereocenters. The number of hydrogen-bond donors (Lipinski definition) is 3. The summed E-state index contributed by atoms with van der Waals surface area (Å²) in [6, 6.07) is 1.39. The first-order valence-electron chi connectivity index (χ1n) is 6.94. The number of amides is 1. The maximum Gasteiger partial charge on any atom is 0.253 e. The second-order valence-corrected chi connectivity index (χ2v) is 5.18. The molecular formula is C14H21N3O3. The number of carbonyl (C=O) groups excluding carboxylic acids is 1. The Morgan fingerprint density at radius 2 is 2.35 bits per heavy atom. The van der Waals surface area contributed by atoms with Crippen LogP contribution in [0.25, 0.3) is 0 Å². The van der Waals surface area contributed by atoms with Crippen LogP contribution >= 0.6 is 0 Å². The van der Waals surface area contributed by atoms with E-state index in [2.05, 4.69) is 15.2 Å². The van der Waals surface area contributed by atoms with Gasteiger partial charge in [0.25, 0.3) is 5.91 Å². The van der Waals surface area contributed by atoms with Crippen molar-refractivity contribution in [2.45, 2.75) is 12.8 Å². The first-order valence-corrected chi connectivity index (χ1v) is 6.94. The molecule has 0 bridgehead atoms. The predicted octanol–water partition coefficient (Wildman–Crippen LogP) is 0.221. The van der Waals surface area contributed by atoms with Gasteiger partial charge in [-0.05, 0) is 31.4 Å². The van der Waals surface area contributed by atoms with Gasteiger partial charge in [0.15, 0.2) is 0 Å². The van der Waals surface area contributed by atoms with Crippen LogP contribution in [0.3, 0.4) is 0 Å². The zero-order valence-electron chi connectivity index (χ0n) is 11.5. The molecule has 1 aromatic rings. The molecule has 1 aromatic heterocycles. The fourth-order valence-electron chi connectivity index (χ4n) is 2.48. The molecule has 2 rings (SSSR count). The second-order valence-electron chi connectivity index (χ2n) is 5.18. The standard InChI is InChI=1S/C14H21N3O3/c18-10-11-2-1-4-17(9-11)5-3-16-14(20)12-6-13(19)8-15-7-12/h6-8,11,18-19H,1-5,9-10H2,(H,16,20)/t11-/m1/s1. The van der Waals surface area contributed by atoms with E-state index >= 15 is 0 Å². The van der Waals surface area contributed by atoms with E-state index in [-0.39, 0.29) is 18.3 Å². The van der Waals surface area contributed by atoms with E-state index < -0.39 is 0 Å². The number of pyridine rings is 1. The lowest BCUT2D eigenvalue weighted by atomic mass is 9.99. The molecular weight excluding hydrogens is 258 g/mol. The van der Waals surface area contributed by atoms with Crippen LogP contribution in [0.1, 0.15) is 23.2 Å². The summed E-state index contributed by atoms with van der Waals surface area (Å²) in [5, 5.41) is 21.3. The Hall–Kier alpha value is -1.66. The molecule has 1 amide bonds. The number of rotatable bonds is 5. The Morgan fingerprint density at radius 3 is 3.10 bits per heavy atom. The molecule has 0 spiro atoms. The molecule has 0 aromatic carbocycles. The molecule has 6 heteroatoms. The Labute approximate surface area is 118 Å². The molecule has 1 fully saturated rings. The van der Waals surface area contributed by atoms with Gasteiger partial charge in [-0.25, -0.2) is 0 Å². The number of hydrogen-bond acceptors (Lipinski definition) is 5. The van der Waals surface area contributed by atoms with Crippen LogP contribution in [0.4, 0.5) is 0 Å². The number of aliphatic hydroxyl groups excluding tert-OH is 1. The van der Waals surface area contributed by atoms with Crippen molar-refractivity contribution in [3.8, 4) is 5.75 Å². The normalized spacial score (nSPS) is 19.8. The Kier molecular flexibility index (Phi) is 5.31. The summed E-state index contributed by atoms with van der Waals surface area (Å²) in [5.74, 6) is 0.110. The van der Waals surface area contributed by atoms with Crippen molar-refractivity contribution in [1.29, 1.82) is 0 Å². The van der Waals surface area contributed by atoms with E-state index in [9.17, 15) is 15.0 Å². The number of nitrogens with zero attached hydrogens (tertiary/aromatic N) is 2. The third-order valence-electron chi connectivity index (χ3n) is 3.56. The highest BCUT2D eigenvalue weighted by molar-refractivity contribution is 5.94. The summed E-state index contributed by atoms with van der Waals surface area (Å²) in [4.78, 5) is 17.9. The van der Waals surface area contributed by atoms with Gasteiger partial charge in [0.1, 0.15) is 5.75 Å². The quantitative estimate of drug-likeness (QED) is 0.718. The molecule has 20 heavy (non-hydrogen) atoms. The van der Waals surface area contributed by atoms with E-state index in [0.29, 0.717) is 18.0 Å². The molecule has 0 saturated carbocycles. The van der Waals surface area contributed by atoms with Crippen molar-refractivity contribution < 1.29 is 15.0 Å². The molecule has 110 valence electrons. The van der Waals surface area contributed by atoms with E-state index in [0.717, 1.165) is 32.5 Å². The van der Waals surface area contributed by atoms with Gasteiger partial charge in [-0.1, -0.05) is 0 Å². The summed E-state index contributed by atoms with van der Waals surface area (Å²) in [5.41, 5.74) is 0.358. The first kappa shape index (κ1) is 14.7. The van der Waals surface area contributed by atoms with Crippen LogP contribution < -0.4 is 5.32 Å². The monoisotopic (exact) mass is 279 g/mol. The zero-order valence-corrected chi connectivity index (χ0v) is 11.5. The van der Waals surface area contributed by atoms with Gasteiger partial charge >= 0.3 is 0 Å². The number of piperidine rings is 1. The molecule has 0 radical (unpaired) electrons. The average molecular weight is 279 g/mol. The van der Waals surface area contributed by atoms with Crippen molar-refractivity contribution in [3.63, 3.8) is 0 Å². The SMILES string of the molecule is O=C(NCCN1CCC[C@@H](CO)C1)c1cncc(O)c1. The van der Waals surface area contributed by atoms with Crippen molar-refractivity contribution in [1.82, 2.24) is 15.2 Å². The predicted molar refractivity (Wildman–Crippen MR) is 74.5 cm³/mol. The van der Waals surface area contributed by atoms with Gasteiger partial charge in [-0.15, -0.1) is 0 Å². The number of likely N-dealkylation sites (tertiary alicyclic amines) is 1. The van der Waals surface area contributed by atoms with E-state index in [1.54, 1.807) is 0 Å². The summed E-state index contributed by atoms with van der Waals surface area (Å²) < 4.78 is 0. The molecule has 1 saturated heterocycles. The van der Waals surface area contributed by atoms with Crippen LogP contribution in [0.2, 0.25) is 0 Å². The minimum atomic E-state index is -0.232. The van der Waals surface area contributed by atoms with Gasteiger partial charge < -0.3 is 20.4 Å². The highest BCUT2D eigenvalue weighted by atomic mass is 16.3. The van der Waals surface area contributed by atoms with Gasteiger partial charge in [0, 0.05) is 32.4 Å². The van der Waals surface area contributed by atoms with Gasteiger partial charge in [0.2, 0.25) is 0 Å². The number of aliphatic hydroxyl groups is 1. The minimum absolute atomic E-state index is 0.0144. The summed E-state index contributed by atoms with van der Waals surface area (Å²) >= 11 is 0. The fraction of sp³-hybridized carbons (Fsp3) is 0.571. The van der Waals surface area contributed by atoms with Crippen LogP contribution in [0.15, 0.2) is 18.5 Å². The second kappa shape index (κ2) is 7.21. The number of aromatic hydroxyl groups is 1. The van der Waals surface area contributed by atoms with Crippen LogP contribution in [-0.2, 0) is 0 Å². The van der Waals surface area contributed by atoms with Gasteiger partial charge in [-0.3, -0.25) is 9.78 Å². The Balaban J connectivity index is 1.74. The largest absolute Gasteiger partial charge is 0.506 e. The maximum absolute atomic E-state index is 11.8.